The monoisotopic (exact) mass is 1680 g/mol. The largest absolute Gasteiger partial charge is 0.473 e. The molecule has 0 N–H and O–H groups in total. The highest BCUT2D eigenvalue weighted by molar-refractivity contribution is 5.99. The Hall–Kier alpha value is -12.7. The van der Waals surface area contributed by atoms with Gasteiger partial charge in [0.25, 0.3) is 5.88 Å². The molecule has 25 nitrogen and oxygen atoms in total. The lowest BCUT2D eigenvalue weighted by atomic mass is 9.93. The van der Waals surface area contributed by atoms with E-state index in [0.717, 1.165) is 211 Å². The smallest absolute Gasteiger partial charge is 0.250 e. The summed E-state index contributed by atoms with van der Waals surface area (Å²) in [5, 5.41) is 26.8. The number of piperidine rings is 2. The van der Waals surface area contributed by atoms with E-state index in [9.17, 15) is 31.9 Å². The molecule has 0 unspecified atom stereocenters. The van der Waals surface area contributed by atoms with Crippen LogP contribution in [0, 0.1) is 57.3 Å². The Morgan fingerprint density at radius 1 is 0.395 bits per heavy atom. The first kappa shape index (κ1) is 84.9. The number of likely N-dealkylation sites (tertiary alicyclic amines) is 2. The van der Waals surface area contributed by atoms with E-state index < -0.39 is 23.3 Å². The number of carbonyl (C=O) groups excluding carboxylic acids is 3. The van der Waals surface area contributed by atoms with Crippen LogP contribution < -0.4 is 19.1 Å². The van der Waals surface area contributed by atoms with E-state index in [0.29, 0.717) is 65.1 Å². The maximum Gasteiger partial charge on any atom is 0.250 e. The number of piperazine rings is 1. The summed E-state index contributed by atoms with van der Waals surface area (Å²) in [4.78, 5) is 74.1. The Labute approximate surface area is 714 Å². The van der Waals surface area contributed by atoms with Crippen LogP contribution in [0.5, 0.6) is 17.6 Å². The molecule has 0 aliphatic carbocycles. The van der Waals surface area contributed by atoms with E-state index in [1.54, 1.807) is 63.2 Å². The fourth-order valence-electron chi connectivity index (χ4n) is 16.4. The number of ether oxygens (including phenoxy) is 6. The van der Waals surface area contributed by atoms with Gasteiger partial charge in [-0.05, 0) is 207 Å². The highest BCUT2D eigenvalue weighted by atomic mass is 19.1. The van der Waals surface area contributed by atoms with Crippen molar-refractivity contribution in [2.24, 2.45) is 0 Å². The van der Waals surface area contributed by atoms with Crippen molar-refractivity contribution in [3.63, 3.8) is 0 Å². The van der Waals surface area contributed by atoms with Crippen LogP contribution in [0.3, 0.4) is 0 Å². The molecule has 636 valence electrons. The zero-order valence-corrected chi connectivity index (χ0v) is 69.3. The van der Waals surface area contributed by atoms with Crippen LogP contribution in [0.25, 0.3) is 33.1 Å². The van der Waals surface area contributed by atoms with Gasteiger partial charge in [0, 0.05) is 115 Å². The van der Waals surface area contributed by atoms with E-state index in [1.165, 1.54) is 30.3 Å². The number of hydrogen-bond acceptors (Lipinski definition) is 22. The first-order valence-corrected chi connectivity index (χ1v) is 42.1. The third-order valence-electron chi connectivity index (χ3n) is 24.0. The number of benzene rings is 6. The van der Waals surface area contributed by atoms with Gasteiger partial charge in [-0.15, -0.1) is 0 Å². The Balaban J connectivity index is 0.000000137. The number of nitrogens with zero attached hydrogens (tertiary/aromatic N) is 16. The molecule has 0 bridgehead atoms. The molecule has 124 heavy (non-hydrogen) atoms. The minimum atomic E-state index is -0.604. The van der Waals surface area contributed by atoms with Crippen molar-refractivity contribution < 1.29 is 60.4 Å². The number of halogens is 4. The lowest BCUT2D eigenvalue weighted by Crippen LogP contribution is -2.46. The minimum absolute atomic E-state index is 0.0255. The number of anilines is 1. The van der Waals surface area contributed by atoms with E-state index in [4.69, 9.17) is 64.1 Å². The highest BCUT2D eigenvalue weighted by Crippen LogP contribution is 2.35. The first-order valence-electron chi connectivity index (χ1n) is 42.1. The SMILES string of the molecule is CC(=O)c1ccc2nc(CN3CCC(c4ccc(F)c(OCc5ccc(C#N)cc5F)n4)CC3)n(C[C@@H]3CCO3)c2c1.CC(=O)c1ccc2nc(CN3CCC(c4cccc(OCc5ccc(C#N)cc5F)n4)CC3)n(C[C@@H]3CCO3)c2c1.CC(=O)c1ccc2nc(CN3CCN(c4cccc(OCc5ccc(C#N)cc5F)n4)CC3)n(C[C@@H]3CCO3)c2c1. The summed E-state index contributed by atoms with van der Waals surface area (Å²) in [6, 6.07) is 50.1. The van der Waals surface area contributed by atoms with Crippen molar-refractivity contribution in [2.75, 3.05) is 77.1 Å². The van der Waals surface area contributed by atoms with Crippen LogP contribution in [0.2, 0.25) is 0 Å². The van der Waals surface area contributed by atoms with Gasteiger partial charge in [-0.3, -0.25) is 29.1 Å². The molecule has 0 amide bonds. The van der Waals surface area contributed by atoms with E-state index in [-0.39, 0.29) is 89.5 Å². The van der Waals surface area contributed by atoms with Crippen molar-refractivity contribution in [2.45, 2.75) is 155 Å². The van der Waals surface area contributed by atoms with Crippen LogP contribution >= 0.6 is 0 Å². The molecular weight excluding hydrogens is 1590 g/mol. The number of hydrogen-bond donors (Lipinski definition) is 0. The molecular formula is C95H94F4N16O9. The molecule has 6 aliphatic heterocycles. The van der Waals surface area contributed by atoms with Crippen molar-refractivity contribution in [3.8, 4) is 35.8 Å². The Morgan fingerprint density at radius 2 is 0.766 bits per heavy atom. The number of aromatic nitrogens is 9. The van der Waals surface area contributed by atoms with Gasteiger partial charge in [0.2, 0.25) is 11.8 Å². The maximum atomic E-state index is 14.5. The number of fused-ring (bicyclic) bond motifs is 3. The van der Waals surface area contributed by atoms with Crippen molar-refractivity contribution in [1.29, 1.82) is 15.8 Å². The lowest BCUT2D eigenvalue weighted by Gasteiger charge is -2.35. The van der Waals surface area contributed by atoms with Crippen molar-refractivity contribution in [1.82, 2.24) is 58.3 Å². The number of nitriles is 3. The van der Waals surface area contributed by atoms with Gasteiger partial charge in [-0.25, -0.2) is 42.5 Å². The predicted molar refractivity (Wildman–Crippen MR) is 453 cm³/mol. The van der Waals surface area contributed by atoms with Gasteiger partial charge < -0.3 is 47.0 Å². The average Bonchev–Trinajstić information content (AvgIpc) is 1.64. The Morgan fingerprint density at radius 3 is 1.14 bits per heavy atom. The molecule has 12 heterocycles. The second-order valence-corrected chi connectivity index (χ2v) is 32.3. The van der Waals surface area contributed by atoms with Gasteiger partial charge in [-0.2, -0.15) is 20.8 Å². The van der Waals surface area contributed by atoms with Gasteiger partial charge >= 0.3 is 0 Å². The van der Waals surface area contributed by atoms with E-state index in [1.807, 2.05) is 97.1 Å². The zero-order valence-electron chi connectivity index (χ0n) is 69.3. The first-order chi connectivity index (χ1) is 60.3. The Kier molecular flexibility index (Phi) is 26.6. The molecule has 12 aromatic rings. The molecule has 0 spiro atoms. The second-order valence-electron chi connectivity index (χ2n) is 32.3. The Bertz CT molecular complexity index is 5820. The summed E-state index contributed by atoms with van der Waals surface area (Å²) in [7, 11) is 0. The molecule has 6 aromatic carbocycles. The summed E-state index contributed by atoms with van der Waals surface area (Å²) < 4.78 is 98.2. The summed E-state index contributed by atoms with van der Waals surface area (Å²) in [5.74, 6) is 2.92. The lowest BCUT2D eigenvalue weighted by molar-refractivity contribution is -0.0593. The molecule has 29 heteroatoms. The van der Waals surface area contributed by atoms with E-state index >= 15 is 0 Å². The molecule has 0 radical (unpaired) electrons. The number of imidazole rings is 3. The average molecular weight is 1680 g/mol. The molecule has 0 saturated carbocycles. The fourth-order valence-corrected chi connectivity index (χ4v) is 16.4. The topological polar surface area (TPSA) is 283 Å². The maximum absolute atomic E-state index is 14.5. The summed E-state index contributed by atoms with van der Waals surface area (Å²) in [6.07, 6.45) is 7.19. The third kappa shape index (κ3) is 20.3. The van der Waals surface area contributed by atoms with Gasteiger partial charge in [0.05, 0.1) is 126 Å². The number of rotatable bonds is 27. The minimum Gasteiger partial charge on any atom is -0.473 e. The van der Waals surface area contributed by atoms with Crippen LogP contribution in [0.1, 0.15) is 171 Å². The highest BCUT2D eigenvalue weighted by Gasteiger charge is 2.32. The normalized spacial score (nSPS) is 17.5. The second kappa shape index (κ2) is 38.8. The van der Waals surface area contributed by atoms with Gasteiger partial charge in [-0.1, -0.05) is 30.3 Å². The quantitative estimate of drug-likeness (QED) is 0.0341. The number of carbonyl (C=O) groups is 3. The van der Waals surface area contributed by atoms with Crippen LogP contribution in [-0.4, -0.2) is 166 Å². The number of ketones is 3. The molecule has 18 rings (SSSR count). The van der Waals surface area contributed by atoms with Crippen molar-refractivity contribution >= 4 is 56.3 Å². The molecule has 6 fully saturated rings. The summed E-state index contributed by atoms with van der Waals surface area (Å²) in [5.41, 5.74) is 11.1. The van der Waals surface area contributed by atoms with Gasteiger partial charge in [0.1, 0.15) is 60.6 Å². The summed E-state index contributed by atoms with van der Waals surface area (Å²) in [6.45, 7) is 18.0. The molecule has 3 atom stereocenters. The number of pyridine rings is 3. The van der Waals surface area contributed by atoms with Crippen LogP contribution in [0.15, 0.2) is 158 Å². The molecule has 6 aliphatic rings. The third-order valence-corrected chi connectivity index (χ3v) is 24.0. The molecule has 6 saturated heterocycles. The van der Waals surface area contributed by atoms with E-state index in [2.05, 4.69) is 43.3 Å². The fraction of sp³-hybridized carbons (Fsp3) is 0.368. The zero-order chi connectivity index (χ0) is 85.9. The van der Waals surface area contributed by atoms with Crippen molar-refractivity contribution in [3.05, 3.63) is 260 Å². The molecule has 6 aromatic heterocycles. The van der Waals surface area contributed by atoms with Crippen LogP contribution in [-0.2, 0) is 73.3 Å². The standard InChI is InChI=1S/C32H31F2N5O3.C32H32FN5O3.C31H31FN6O3/c1-20(40)23-4-6-29-30(15-23)39(17-25-10-13-41-25)31(36-29)18-38-11-8-22(9-12-38)28-7-5-26(33)32(37-28)42-19-24-3-2-21(16-35)14-27(24)34;1-21(39)24-7-8-29-30(16-24)38(18-26-11-14-40-26)31(35-29)19-37-12-9-23(10-13-37)28-3-2-4-32(36-28)41-20-25-6-5-22(17-34)15-27(25)33;1-21(39)23-7-8-27-28(16-23)38(18-25-9-14-40-25)30(34-27)19-36-10-12-37(13-11-36)29-3-2-4-31(35-29)41-20-24-6-5-22(17-33)15-26(24)32/h2-7,14-15,22,25H,8-13,17-19H2,1H3;2-8,15-16,23,26H,9-14,18-20H2,1H3;2-8,15-16,25H,9-14,18-20H2,1H3/t25-;26-;25-/m000/s1. The van der Waals surface area contributed by atoms with Gasteiger partial charge in [0.15, 0.2) is 23.2 Å². The number of Topliss-reactive ketones (excluding diaryl/α,β-unsaturated/α-hetero) is 3. The predicted octanol–water partition coefficient (Wildman–Crippen LogP) is 15.3. The summed E-state index contributed by atoms with van der Waals surface area (Å²) >= 11 is 0. The van der Waals surface area contributed by atoms with Crippen LogP contribution in [0.4, 0.5) is 23.4 Å².